The highest BCUT2D eigenvalue weighted by molar-refractivity contribution is 7.86. The Balaban J connectivity index is 2.78. The fourth-order valence-electron chi connectivity index (χ4n) is 1.21. The monoisotopic (exact) mass is 317 g/mol. The zero-order valence-electron chi connectivity index (χ0n) is 12.9. The highest BCUT2D eigenvalue weighted by Gasteiger charge is 2.37. The number of hydrogen-bond donors (Lipinski definition) is 0. The first-order chi connectivity index (χ1) is 8.91. The van der Waals surface area contributed by atoms with Crippen LogP contribution in [0.3, 0.4) is 0 Å². The minimum absolute atomic E-state index is 0.0730. The molecule has 5 nitrogen and oxygen atoms in total. The lowest BCUT2D eigenvalue weighted by atomic mass is 10.2. The number of pyridine rings is 1. The third-order valence-electron chi connectivity index (χ3n) is 3.41. The first kappa shape index (κ1) is 17.1. The molecule has 1 aromatic rings. The second-order valence-electron chi connectivity index (χ2n) is 6.30. The van der Waals surface area contributed by atoms with Crippen LogP contribution in [0.2, 0.25) is 18.1 Å². The molecule has 0 aromatic carbocycles. The molecule has 0 spiro atoms. The standard InChI is InChI=1S/C13H23NO4SSi/c1-13(2,3)20(5,6)17-10-11-8-7-9-12(14-11)18-19(4,15)16/h7-9H,10H2,1-6H3. The Morgan fingerprint density at radius 1 is 1.25 bits per heavy atom. The average Bonchev–Trinajstić information content (AvgIpc) is 2.23. The molecule has 0 saturated heterocycles. The molecule has 1 heterocycles. The molecule has 0 fully saturated rings. The van der Waals surface area contributed by atoms with Gasteiger partial charge in [-0.1, -0.05) is 26.8 Å². The third kappa shape index (κ3) is 5.22. The summed E-state index contributed by atoms with van der Waals surface area (Å²) in [5.41, 5.74) is 0.663. The lowest BCUT2D eigenvalue weighted by Crippen LogP contribution is -2.40. The van der Waals surface area contributed by atoms with Crippen LogP contribution in [0.1, 0.15) is 26.5 Å². The van der Waals surface area contributed by atoms with Crippen LogP contribution in [0.5, 0.6) is 5.88 Å². The molecule has 0 atom stereocenters. The van der Waals surface area contributed by atoms with Gasteiger partial charge in [-0.3, -0.25) is 0 Å². The zero-order chi connectivity index (χ0) is 15.6. The fraction of sp³-hybridized carbons (Fsp3) is 0.615. The van der Waals surface area contributed by atoms with Gasteiger partial charge in [-0.15, -0.1) is 0 Å². The summed E-state index contributed by atoms with van der Waals surface area (Å²) in [6.45, 7) is 11.2. The van der Waals surface area contributed by atoms with Gasteiger partial charge in [-0.25, -0.2) is 4.98 Å². The van der Waals surface area contributed by atoms with E-state index in [2.05, 4.69) is 38.8 Å². The first-order valence-corrected chi connectivity index (χ1v) is 11.1. The van der Waals surface area contributed by atoms with E-state index >= 15 is 0 Å². The molecule has 0 bridgehead atoms. The van der Waals surface area contributed by atoms with E-state index in [4.69, 9.17) is 8.61 Å². The molecular formula is C13H23NO4SSi. The van der Waals surface area contributed by atoms with E-state index in [1.807, 2.05) is 0 Å². The second kappa shape index (κ2) is 5.83. The molecule has 1 rings (SSSR count). The summed E-state index contributed by atoms with van der Waals surface area (Å²) in [5, 5.41) is 0.119. The van der Waals surface area contributed by atoms with Crippen LogP contribution in [0.15, 0.2) is 18.2 Å². The van der Waals surface area contributed by atoms with Crippen molar-refractivity contribution >= 4 is 18.4 Å². The smallest absolute Gasteiger partial charge is 0.307 e. The molecule has 0 amide bonds. The van der Waals surface area contributed by atoms with Crippen LogP contribution in [0, 0.1) is 0 Å². The Morgan fingerprint density at radius 3 is 2.35 bits per heavy atom. The van der Waals surface area contributed by atoms with Crippen molar-refractivity contribution in [2.45, 2.75) is 45.5 Å². The van der Waals surface area contributed by atoms with Gasteiger partial charge in [0.25, 0.3) is 0 Å². The van der Waals surface area contributed by atoms with Crippen molar-refractivity contribution in [1.82, 2.24) is 4.98 Å². The number of rotatable bonds is 5. The van der Waals surface area contributed by atoms with Gasteiger partial charge in [0.1, 0.15) is 0 Å². The van der Waals surface area contributed by atoms with E-state index in [-0.39, 0.29) is 10.9 Å². The summed E-state index contributed by atoms with van der Waals surface area (Å²) in [5.74, 6) is 0.0730. The predicted molar refractivity (Wildman–Crippen MR) is 81.7 cm³/mol. The summed E-state index contributed by atoms with van der Waals surface area (Å²) >= 11 is 0. The summed E-state index contributed by atoms with van der Waals surface area (Å²) in [4.78, 5) is 4.14. The topological polar surface area (TPSA) is 65.5 Å². The number of aromatic nitrogens is 1. The maximum absolute atomic E-state index is 11.1. The molecule has 0 N–H and O–H groups in total. The summed E-state index contributed by atoms with van der Waals surface area (Å²) < 4.78 is 32.9. The molecule has 0 aliphatic heterocycles. The average molecular weight is 317 g/mol. The molecule has 0 saturated carbocycles. The molecule has 20 heavy (non-hydrogen) atoms. The minimum Gasteiger partial charge on any atom is -0.411 e. The Kier molecular flexibility index (Phi) is 4.99. The van der Waals surface area contributed by atoms with Crippen molar-refractivity contribution in [3.63, 3.8) is 0 Å². The van der Waals surface area contributed by atoms with Gasteiger partial charge in [0.15, 0.2) is 8.32 Å². The Labute approximate surface area is 122 Å². The first-order valence-electron chi connectivity index (χ1n) is 6.40. The minimum atomic E-state index is -3.56. The maximum Gasteiger partial charge on any atom is 0.307 e. The Morgan fingerprint density at radius 2 is 1.85 bits per heavy atom. The third-order valence-corrected chi connectivity index (χ3v) is 8.36. The van der Waals surface area contributed by atoms with Crippen LogP contribution in [-0.2, 0) is 21.2 Å². The van der Waals surface area contributed by atoms with Crippen molar-refractivity contribution in [2.24, 2.45) is 0 Å². The van der Waals surface area contributed by atoms with E-state index in [9.17, 15) is 8.42 Å². The quantitative estimate of drug-likeness (QED) is 0.617. The Bertz CT molecular complexity index is 564. The summed E-state index contributed by atoms with van der Waals surface area (Å²) in [6.07, 6.45) is 0.994. The largest absolute Gasteiger partial charge is 0.411 e. The van der Waals surface area contributed by atoms with Crippen LogP contribution >= 0.6 is 0 Å². The van der Waals surface area contributed by atoms with E-state index in [1.165, 1.54) is 6.07 Å². The molecule has 0 unspecified atom stereocenters. The van der Waals surface area contributed by atoms with Crippen molar-refractivity contribution in [2.75, 3.05) is 6.26 Å². The van der Waals surface area contributed by atoms with Gasteiger partial charge in [0.05, 0.1) is 18.6 Å². The van der Waals surface area contributed by atoms with Crippen LogP contribution in [0.4, 0.5) is 0 Å². The molecule has 114 valence electrons. The van der Waals surface area contributed by atoms with Crippen LogP contribution in [-0.4, -0.2) is 28.0 Å². The molecule has 1 aromatic heterocycles. The second-order valence-corrected chi connectivity index (χ2v) is 12.7. The van der Waals surface area contributed by atoms with E-state index < -0.39 is 18.4 Å². The van der Waals surface area contributed by atoms with Crippen LogP contribution in [0.25, 0.3) is 0 Å². The van der Waals surface area contributed by atoms with E-state index in [0.29, 0.717) is 12.3 Å². The lowest BCUT2D eigenvalue weighted by Gasteiger charge is -2.36. The predicted octanol–water partition coefficient (Wildman–Crippen LogP) is 2.94. The molecule has 0 aliphatic carbocycles. The maximum atomic E-state index is 11.1. The van der Waals surface area contributed by atoms with Crippen molar-refractivity contribution in [3.05, 3.63) is 23.9 Å². The van der Waals surface area contributed by atoms with Gasteiger partial charge in [0, 0.05) is 6.07 Å². The molecule has 0 radical (unpaired) electrons. The molecule has 0 aliphatic rings. The highest BCUT2D eigenvalue weighted by atomic mass is 32.2. The van der Waals surface area contributed by atoms with Gasteiger partial charge in [-0.05, 0) is 24.2 Å². The van der Waals surface area contributed by atoms with Gasteiger partial charge < -0.3 is 8.61 Å². The van der Waals surface area contributed by atoms with Gasteiger partial charge in [-0.2, -0.15) is 8.42 Å². The van der Waals surface area contributed by atoms with Gasteiger partial charge in [0.2, 0.25) is 5.88 Å². The Hall–Kier alpha value is -0.923. The van der Waals surface area contributed by atoms with Gasteiger partial charge >= 0.3 is 10.1 Å². The van der Waals surface area contributed by atoms with Crippen molar-refractivity contribution in [3.8, 4) is 5.88 Å². The number of hydrogen-bond acceptors (Lipinski definition) is 5. The van der Waals surface area contributed by atoms with Crippen molar-refractivity contribution in [1.29, 1.82) is 0 Å². The molecule has 7 heteroatoms. The lowest BCUT2D eigenvalue weighted by molar-refractivity contribution is 0.271. The SMILES string of the molecule is CC(C)(C)[Si](C)(C)OCc1cccc(OS(C)(=O)=O)n1. The molecular weight excluding hydrogens is 294 g/mol. The van der Waals surface area contributed by atoms with E-state index in [1.54, 1.807) is 12.1 Å². The van der Waals surface area contributed by atoms with Crippen molar-refractivity contribution < 1.29 is 17.0 Å². The number of nitrogens with zero attached hydrogens (tertiary/aromatic N) is 1. The van der Waals surface area contributed by atoms with Crippen LogP contribution < -0.4 is 4.18 Å². The summed E-state index contributed by atoms with van der Waals surface area (Å²) in [6, 6.07) is 5.01. The summed E-state index contributed by atoms with van der Waals surface area (Å²) in [7, 11) is -5.41. The van der Waals surface area contributed by atoms with E-state index in [0.717, 1.165) is 6.26 Å². The normalized spacial score (nSPS) is 13.3. The fourth-order valence-corrected chi connectivity index (χ4v) is 2.56. The highest BCUT2D eigenvalue weighted by Crippen LogP contribution is 2.36. The zero-order valence-corrected chi connectivity index (χ0v) is 14.7.